The van der Waals surface area contributed by atoms with Crippen LogP contribution in [0.15, 0.2) is 18.2 Å². The molecule has 0 aliphatic carbocycles. The highest BCUT2D eigenvalue weighted by Gasteiger charge is 2.13. The van der Waals surface area contributed by atoms with E-state index in [0.29, 0.717) is 23.7 Å². The Morgan fingerprint density at radius 1 is 1.50 bits per heavy atom. The van der Waals surface area contributed by atoms with Gasteiger partial charge in [-0.05, 0) is 40.8 Å². The van der Waals surface area contributed by atoms with Crippen LogP contribution in [0, 0.1) is 3.57 Å². The van der Waals surface area contributed by atoms with Crippen molar-refractivity contribution in [2.45, 2.75) is 6.10 Å². The van der Waals surface area contributed by atoms with Gasteiger partial charge in [-0.25, -0.2) is 0 Å². The lowest BCUT2D eigenvalue weighted by Gasteiger charge is -2.15. The summed E-state index contributed by atoms with van der Waals surface area (Å²) >= 11 is 7.97. The van der Waals surface area contributed by atoms with E-state index in [4.69, 9.17) is 21.1 Å². The third-order valence-electron chi connectivity index (χ3n) is 2.35. The molecule has 18 heavy (non-hydrogen) atoms. The molecule has 0 heterocycles. The number of ether oxygens (including phenoxy) is 2. The van der Waals surface area contributed by atoms with Gasteiger partial charge in [-0.2, -0.15) is 0 Å². The maximum absolute atomic E-state index is 12.0. The SMILES string of the molecule is COCC(CNC(=O)c1cc(Cl)ccc1I)OC. The Morgan fingerprint density at radius 3 is 2.83 bits per heavy atom. The monoisotopic (exact) mass is 383 g/mol. The van der Waals surface area contributed by atoms with Gasteiger partial charge in [-0.1, -0.05) is 11.6 Å². The van der Waals surface area contributed by atoms with Gasteiger partial charge < -0.3 is 14.8 Å². The second-order valence-electron chi connectivity index (χ2n) is 3.65. The van der Waals surface area contributed by atoms with Crippen molar-refractivity contribution >= 4 is 40.1 Å². The van der Waals surface area contributed by atoms with Crippen LogP contribution < -0.4 is 5.32 Å². The molecule has 1 amide bonds. The number of amides is 1. The van der Waals surface area contributed by atoms with E-state index in [0.717, 1.165) is 3.57 Å². The van der Waals surface area contributed by atoms with Gasteiger partial charge in [0.15, 0.2) is 0 Å². The lowest BCUT2D eigenvalue weighted by atomic mass is 10.2. The molecular weight excluding hydrogens is 368 g/mol. The van der Waals surface area contributed by atoms with Crippen molar-refractivity contribution in [2.75, 3.05) is 27.4 Å². The predicted octanol–water partition coefficient (Wildman–Crippen LogP) is 2.34. The molecule has 0 aliphatic rings. The fraction of sp³-hybridized carbons (Fsp3) is 0.417. The fourth-order valence-electron chi connectivity index (χ4n) is 1.37. The van der Waals surface area contributed by atoms with Crippen LogP contribution >= 0.6 is 34.2 Å². The lowest BCUT2D eigenvalue weighted by Crippen LogP contribution is -2.35. The van der Waals surface area contributed by atoms with Gasteiger partial charge >= 0.3 is 0 Å². The molecule has 0 aliphatic heterocycles. The predicted molar refractivity (Wildman–Crippen MR) is 79.2 cm³/mol. The molecule has 6 heteroatoms. The zero-order valence-corrected chi connectivity index (χ0v) is 13.1. The summed E-state index contributed by atoms with van der Waals surface area (Å²) in [6.07, 6.45) is -0.157. The van der Waals surface area contributed by atoms with Crippen molar-refractivity contribution in [3.63, 3.8) is 0 Å². The molecule has 0 saturated heterocycles. The molecule has 0 bridgehead atoms. The number of carbonyl (C=O) groups excluding carboxylic acids is 1. The van der Waals surface area contributed by atoms with Crippen molar-refractivity contribution in [3.8, 4) is 0 Å². The molecule has 0 aromatic heterocycles. The summed E-state index contributed by atoms with van der Waals surface area (Å²) in [4.78, 5) is 12.0. The molecule has 0 saturated carbocycles. The van der Waals surface area contributed by atoms with Crippen LogP contribution in [0.25, 0.3) is 0 Å². The van der Waals surface area contributed by atoms with E-state index < -0.39 is 0 Å². The van der Waals surface area contributed by atoms with E-state index in [1.54, 1.807) is 32.4 Å². The molecule has 1 aromatic rings. The summed E-state index contributed by atoms with van der Waals surface area (Å²) in [6.45, 7) is 0.829. The first-order valence-electron chi connectivity index (χ1n) is 5.33. The minimum absolute atomic E-state index is 0.157. The topological polar surface area (TPSA) is 47.6 Å². The minimum Gasteiger partial charge on any atom is -0.382 e. The van der Waals surface area contributed by atoms with Crippen LogP contribution in [-0.4, -0.2) is 39.4 Å². The Morgan fingerprint density at radius 2 is 2.22 bits per heavy atom. The molecule has 1 unspecified atom stereocenters. The second-order valence-corrected chi connectivity index (χ2v) is 5.25. The van der Waals surface area contributed by atoms with Crippen molar-refractivity contribution in [2.24, 2.45) is 0 Å². The molecule has 1 rings (SSSR count). The number of halogens is 2. The highest BCUT2D eigenvalue weighted by Crippen LogP contribution is 2.17. The average molecular weight is 384 g/mol. The fourth-order valence-corrected chi connectivity index (χ4v) is 2.12. The van der Waals surface area contributed by atoms with Gasteiger partial charge in [-0.15, -0.1) is 0 Å². The standard InChI is InChI=1S/C12H15ClINO3/c1-17-7-9(18-2)6-15-12(16)10-5-8(13)3-4-11(10)14/h3-5,9H,6-7H2,1-2H3,(H,15,16). The summed E-state index contributed by atoms with van der Waals surface area (Å²) < 4.78 is 11.0. The van der Waals surface area contributed by atoms with Crippen LogP contribution in [0.5, 0.6) is 0 Å². The summed E-state index contributed by atoms with van der Waals surface area (Å²) in [5, 5.41) is 3.34. The summed E-state index contributed by atoms with van der Waals surface area (Å²) in [6, 6.07) is 5.21. The molecule has 1 atom stereocenters. The Kier molecular flexibility index (Phi) is 6.91. The molecule has 0 radical (unpaired) electrons. The quantitative estimate of drug-likeness (QED) is 0.767. The Bertz CT molecular complexity index is 414. The van der Waals surface area contributed by atoms with Crippen LogP contribution in [0.4, 0.5) is 0 Å². The van der Waals surface area contributed by atoms with Crippen LogP contribution in [0.3, 0.4) is 0 Å². The third kappa shape index (κ3) is 4.72. The Balaban J connectivity index is 2.62. The van der Waals surface area contributed by atoms with Gasteiger partial charge in [0.1, 0.15) is 0 Å². The lowest BCUT2D eigenvalue weighted by molar-refractivity contribution is 0.0285. The summed E-state index contributed by atoms with van der Waals surface area (Å²) in [5.74, 6) is -0.167. The minimum atomic E-state index is -0.167. The molecular formula is C12H15ClINO3. The molecule has 100 valence electrons. The van der Waals surface area contributed by atoms with E-state index in [9.17, 15) is 4.79 Å². The summed E-state index contributed by atoms with van der Waals surface area (Å²) in [5.41, 5.74) is 0.565. The number of carbonyl (C=O) groups is 1. The van der Waals surface area contributed by atoms with Gasteiger partial charge in [-0.3, -0.25) is 4.79 Å². The molecule has 1 N–H and O–H groups in total. The first kappa shape index (κ1) is 15.7. The van der Waals surface area contributed by atoms with Gasteiger partial charge in [0.2, 0.25) is 0 Å². The van der Waals surface area contributed by atoms with E-state index >= 15 is 0 Å². The molecule has 0 fully saturated rings. The maximum Gasteiger partial charge on any atom is 0.252 e. The maximum atomic E-state index is 12.0. The van der Waals surface area contributed by atoms with Crippen molar-refractivity contribution < 1.29 is 14.3 Å². The number of hydrogen-bond donors (Lipinski definition) is 1. The first-order valence-corrected chi connectivity index (χ1v) is 6.79. The van der Waals surface area contributed by atoms with Crippen molar-refractivity contribution in [1.82, 2.24) is 5.32 Å². The molecule has 0 spiro atoms. The highest BCUT2D eigenvalue weighted by atomic mass is 127. The van der Waals surface area contributed by atoms with E-state index in [1.807, 2.05) is 0 Å². The number of benzene rings is 1. The zero-order valence-electron chi connectivity index (χ0n) is 10.2. The van der Waals surface area contributed by atoms with E-state index in [1.165, 1.54) is 0 Å². The number of rotatable bonds is 6. The number of nitrogens with one attached hydrogen (secondary N) is 1. The smallest absolute Gasteiger partial charge is 0.252 e. The number of methoxy groups -OCH3 is 2. The normalized spacial score (nSPS) is 12.2. The van der Waals surface area contributed by atoms with Crippen molar-refractivity contribution in [1.29, 1.82) is 0 Å². The molecule has 4 nitrogen and oxygen atoms in total. The number of hydrogen-bond acceptors (Lipinski definition) is 3. The van der Waals surface area contributed by atoms with Gasteiger partial charge in [0.25, 0.3) is 5.91 Å². The molecule has 1 aromatic carbocycles. The van der Waals surface area contributed by atoms with E-state index in [-0.39, 0.29) is 12.0 Å². The third-order valence-corrected chi connectivity index (χ3v) is 3.52. The van der Waals surface area contributed by atoms with Crippen molar-refractivity contribution in [3.05, 3.63) is 32.4 Å². The first-order chi connectivity index (χ1) is 8.58. The van der Waals surface area contributed by atoms with Crippen LogP contribution in [-0.2, 0) is 9.47 Å². The Hall–Kier alpha value is -0.370. The zero-order chi connectivity index (χ0) is 13.5. The largest absolute Gasteiger partial charge is 0.382 e. The van der Waals surface area contributed by atoms with Gasteiger partial charge in [0.05, 0.1) is 18.3 Å². The van der Waals surface area contributed by atoms with Crippen LogP contribution in [0.1, 0.15) is 10.4 Å². The average Bonchev–Trinajstić information content (AvgIpc) is 2.37. The second kappa shape index (κ2) is 7.93. The van der Waals surface area contributed by atoms with Gasteiger partial charge in [0, 0.05) is 29.4 Å². The Labute approximate surface area is 125 Å². The summed E-state index contributed by atoms with van der Waals surface area (Å²) in [7, 11) is 3.17. The highest BCUT2D eigenvalue weighted by molar-refractivity contribution is 14.1. The van der Waals surface area contributed by atoms with E-state index in [2.05, 4.69) is 27.9 Å². The van der Waals surface area contributed by atoms with Crippen LogP contribution in [0.2, 0.25) is 5.02 Å².